The van der Waals surface area contributed by atoms with Crippen LogP contribution in [0.15, 0.2) is 53.6 Å². The smallest absolute Gasteiger partial charge is 0.259 e. The molecule has 114 valence electrons. The van der Waals surface area contributed by atoms with Crippen LogP contribution in [0.4, 0.5) is 5.69 Å². The molecule has 0 saturated carbocycles. The molecule has 0 aromatic heterocycles. The lowest BCUT2D eigenvalue weighted by Crippen LogP contribution is -2.25. The van der Waals surface area contributed by atoms with Gasteiger partial charge in [-0.15, -0.1) is 0 Å². The van der Waals surface area contributed by atoms with Crippen molar-refractivity contribution in [3.05, 3.63) is 54.1 Å². The molecule has 0 aliphatic heterocycles. The lowest BCUT2D eigenvalue weighted by Gasteiger charge is -2.05. The first-order valence-corrected chi connectivity index (χ1v) is 6.67. The molecule has 0 heterocycles. The Hall–Kier alpha value is -3.02. The van der Waals surface area contributed by atoms with Crippen molar-refractivity contribution in [3.8, 4) is 11.5 Å². The number of ether oxygens (including phenoxy) is 1. The van der Waals surface area contributed by atoms with Gasteiger partial charge in [-0.3, -0.25) is 4.79 Å². The number of anilines is 1. The first-order valence-electron chi connectivity index (χ1n) is 6.67. The number of methoxy groups -OCH3 is 1. The van der Waals surface area contributed by atoms with Gasteiger partial charge in [0.15, 0.2) is 11.5 Å². The summed E-state index contributed by atoms with van der Waals surface area (Å²) in [5, 5.41) is 16.4. The molecule has 1 amide bonds. The fraction of sp³-hybridized carbons (Fsp3) is 0.125. The van der Waals surface area contributed by atoms with Crippen molar-refractivity contribution in [2.24, 2.45) is 5.10 Å². The minimum absolute atomic E-state index is 0.0171. The third-order valence-corrected chi connectivity index (χ3v) is 2.83. The van der Waals surface area contributed by atoms with E-state index >= 15 is 0 Å². The van der Waals surface area contributed by atoms with Gasteiger partial charge in [0.05, 0.1) is 19.9 Å². The molecule has 0 fully saturated rings. The number of aromatic hydroxyl groups is 1. The maximum absolute atomic E-state index is 11.6. The molecule has 22 heavy (non-hydrogen) atoms. The predicted octanol–water partition coefficient (Wildman–Crippen LogP) is 1.96. The predicted molar refractivity (Wildman–Crippen MR) is 85.3 cm³/mol. The van der Waals surface area contributed by atoms with Gasteiger partial charge in [0, 0.05) is 5.69 Å². The van der Waals surface area contributed by atoms with E-state index in [1.807, 2.05) is 30.3 Å². The maximum Gasteiger partial charge on any atom is 0.259 e. The molecule has 0 saturated heterocycles. The number of para-hydroxylation sites is 1. The van der Waals surface area contributed by atoms with Gasteiger partial charge in [0.25, 0.3) is 5.91 Å². The topological polar surface area (TPSA) is 83.0 Å². The van der Waals surface area contributed by atoms with Crippen molar-refractivity contribution in [2.45, 2.75) is 0 Å². The lowest BCUT2D eigenvalue weighted by molar-refractivity contribution is -0.119. The second-order valence-corrected chi connectivity index (χ2v) is 4.44. The molecule has 3 N–H and O–H groups in total. The van der Waals surface area contributed by atoms with E-state index in [1.165, 1.54) is 19.4 Å². The summed E-state index contributed by atoms with van der Waals surface area (Å²) in [4.78, 5) is 11.6. The number of phenolic OH excluding ortho intramolecular Hbond substituents is 1. The number of carbonyl (C=O) groups excluding carboxylic acids is 1. The highest BCUT2D eigenvalue weighted by atomic mass is 16.5. The van der Waals surface area contributed by atoms with Crippen LogP contribution >= 0.6 is 0 Å². The number of amides is 1. The number of nitrogens with zero attached hydrogens (tertiary/aromatic N) is 1. The van der Waals surface area contributed by atoms with Crippen molar-refractivity contribution in [1.82, 2.24) is 5.43 Å². The van der Waals surface area contributed by atoms with Gasteiger partial charge in [-0.1, -0.05) is 18.2 Å². The Morgan fingerprint density at radius 1 is 1.27 bits per heavy atom. The average Bonchev–Trinajstić information content (AvgIpc) is 2.54. The summed E-state index contributed by atoms with van der Waals surface area (Å²) < 4.78 is 4.94. The molecule has 0 unspecified atom stereocenters. The molecule has 2 rings (SSSR count). The lowest BCUT2D eigenvalue weighted by atomic mass is 10.2. The van der Waals surface area contributed by atoms with E-state index in [2.05, 4.69) is 15.8 Å². The van der Waals surface area contributed by atoms with Gasteiger partial charge in [-0.05, 0) is 35.9 Å². The molecule has 6 heteroatoms. The second kappa shape index (κ2) is 7.68. The first-order chi connectivity index (χ1) is 10.7. The van der Waals surface area contributed by atoms with Crippen LogP contribution in [0.25, 0.3) is 0 Å². The fourth-order valence-electron chi connectivity index (χ4n) is 1.74. The quantitative estimate of drug-likeness (QED) is 0.562. The van der Waals surface area contributed by atoms with Crippen LogP contribution in [-0.2, 0) is 4.79 Å². The molecule has 0 bridgehead atoms. The summed E-state index contributed by atoms with van der Waals surface area (Å²) in [7, 11) is 1.47. The molecule has 2 aromatic rings. The van der Waals surface area contributed by atoms with Crippen LogP contribution in [0.5, 0.6) is 11.5 Å². The number of hydrogen-bond donors (Lipinski definition) is 3. The van der Waals surface area contributed by atoms with Gasteiger partial charge in [0.2, 0.25) is 0 Å². The van der Waals surface area contributed by atoms with Crippen molar-refractivity contribution in [1.29, 1.82) is 0 Å². The molecule has 2 aromatic carbocycles. The molecule has 0 atom stereocenters. The van der Waals surface area contributed by atoms with Gasteiger partial charge in [-0.25, -0.2) is 5.43 Å². The van der Waals surface area contributed by atoms with Gasteiger partial charge < -0.3 is 15.2 Å². The number of phenols is 1. The van der Waals surface area contributed by atoms with Crippen molar-refractivity contribution in [3.63, 3.8) is 0 Å². The Morgan fingerprint density at radius 3 is 2.73 bits per heavy atom. The van der Waals surface area contributed by atoms with Crippen LogP contribution in [-0.4, -0.2) is 30.9 Å². The van der Waals surface area contributed by atoms with Gasteiger partial charge >= 0.3 is 0 Å². The third-order valence-electron chi connectivity index (χ3n) is 2.83. The maximum atomic E-state index is 11.6. The third kappa shape index (κ3) is 4.52. The van der Waals surface area contributed by atoms with E-state index in [-0.39, 0.29) is 18.2 Å². The molecular weight excluding hydrogens is 282 g/mol. The highest BCUT2D eigenvalue weighted by molar-refractivity contribution is 5.84. The zero-order valence-electron chi connectivity index (χ0n) is 12.1. The van der Waals surface area contributed by atoms with E-state index in [0.717, 1.165) is 5.69 Å². The number of nitrogens with one attached hydrogen (secondary N) is 2. The Balaban J connectivity index is 1.81. The Bertz CT molecular complexity index is 657. The summed E-state index contributed by atoms with van der Waals surface area (Å²) in [6.45, 7) is 0.120. The minimum Gasteiger partial charge on any atom is -0.504 e. The normalized spacial score (nSPS) is 10.4. The number of hydrogen-bond acceptors (Lipinski definition) is 5. The summed E-state index contributed by atoms with van der Waals surface area (Å²) in [5.41, 5.74) is 3.92. The summed E-state index contributed by atoms with van der Waals surface area (Å²) >= 11 is 0. The largest absolute Gasteiger partial charge is 0.504 e. The van der Waals surface area contributed by atoms with E-state index in [0.29, 0.717) is 11.3 Å². The van der Waals surface area contributed by atoms with Crippen molar-refractivity contribution < 1.29 is 14.6 Å². The average molecular weight is 299 g/mol. The summed E-state index contributed by atoms with van der Waals surface area (Å²) in [6.07, 6.45) is 1.44. The van der Waals surface area contributed by atoms with E-state index in [9.17, 15) is 9.90 Å². The van der Waals surface area contributed by atoms with Crippen molar-refractivity contribution >= 4 is 17.8 Å². The van der Waals surface area contributed by atoms with Crippen LogP contribution in [0.2, 0.25) is 0 Å². The minimum atomic E-state index is -0.266. The van der Waals surface area contributed by atoms with Gasteiger partial charge in [-0.2, -0.15) is 5.10 Å². The van der Waals surface area contributed by atoms with E-state index in [1.54, 1.807) is 12.1 Å². The first kappa shape index (κ1) is 15.4. The second-order valence-electron chi connectivity index (χ2n) is 4.44. The van der Waals surface area contributed by atoms with E-state index in [4.69, 9.17) is 4.74 Å². The number of rotatable bonds is 6. The molecular formula is C16H17N3O3. The number of benzene rings is 2. The van der Waals surface area contributed by atoms with Crippen LogP contribution in [0, 0.1) is 0 Å². The Kier molecular flexibility index (Phi) is 5.37. The summed E-state index contributed by atoms with van der Waals surface area (Å²) in [6, 6.07) is 14.2. The Morgan fingerprint density at radius 2 is 2.05 bits per heavy atom. The van der Waals surface area contributed by atoms with Crippen LogP contribution in [0.1, 0.15) is 5.56 Å². The summed E-state index contributed by atoms with van der Waals surface area (Å²) in [5.74, 6) is 0.134. The van der Waals surface area contributed by atoms with Gasteiger partial charge in [0.1, 0.15) is 0 Å². The van der Waals surface area contributed by atoms with Crippen LogP contribution < -0.4 is 15.5 Å². The van der Waals surface area contributed by atoms with Crippen molar-refractivity contribution in [2.75, 3.05) is 19.0 Å². The van der Waals surface area contributed by atoms with Crippen LogP contribution in [0.3, 0.4) is 0 Å². The molecule has 0 radical (unpaired) electrons. The highest BCUT2D eigenvalue weighted by Gasteiger charge is 2.01. The molecule has 6 nitrogen and oxygen atoms in total. The molecule has 0 spiro atoms. The number of carbonyl (C=O) groups is 1. The zero-order chi connectivity index (χ0) is 15.8. The zero-order valence-corrected chi connectivity index (χ0v) is 12.1. The SMILES string of the molecule is COc1ccc(/C=N\NC(=O)CNc2ccccc2)cc1O. The standard InChI is InChI=1S/C16H17N3O3/c1-22-15-8-7-12(9-14(15)20)10-18-19-16(21)11-17-13-5-3-2-4-6-13/h2-10,17,20H,11H2,1H3,(H,19,21)/b18-10-. The highest BCUT2D eigenvalue weighted by Crippen LogP contribution is 2.25. The Labute approximate surface area is 128 Å². The fourth-order valence-corrected chi connectivity index (χ4v) is 1.74. The molecule has 0 aliphatic carbocycles. The monoisotopic (exact) mass is 299 g/mol. The molecule has 0 aliphatic rings. The number of hydrazone groups is 1. The van der Waals surface area contributed by atoms with E-state index < -0.39 is 0 Å².